The lowest BCUT2D eigenvalue weighted by molar-refractivity contribution is -0.116. The van der Waals surface area contributed by atoms with Crippen molar-refractivity contribution >= 4 is 23.2 Å². The number of nitrogens with one attached hydrogen (secondary N) is 1. The van der Waals surface area contributed by atoms with Crippen molar-refractivity contribution in [1.82, 2.24) is 9.13 Å². The average molecular weight is 347 g/mol. The first-order valence-electron chi connectivity index (χ1n) is 7.17. The lowest BCUT2D eigenvalue weighted by atomic mass is 10.2. The number of carbonyl (C=O) groups excluding carboxylic acids is 1. The summed E-state index contributed by atoms with van der Waals surface area (Å²) < 4.78 is 1.95. The van der Waals surface area contributed by atoms with Gasteiger partial charge in [0.15, 0.2) is 0 Å². The molecule has 0 aliphatic rings. The number of benzene rings is 1. The molecule has 0 saturated heterocycles. The van der Waals surface area contributed by atoms with E-state index in [2.05, 4.69) is 5.32 Å². The van der Waals surface area contributed by atoms with E-state index in [4.69, 9.17) is 16.9 Å². The number of anilines is 1. The molecule has 0 radical (unpaired) electrons. The third-order valence-corrected chi connectivity index (χ3v) is 3.86. The molecule has 7 nitrogen and oxygen atoms in total. The summed E-state index contributed by atoms with van der Waals surface area (Å²) in [6, 6.07) is 6.71. The SMILES string of the molecule is CCn1cc(C#N)c(=O)n(CC(=O)Nc2ccc(C)c(Cl)c2)c1=O. The molecule has 0 aliphatic carbocycles. The van der Waals surface area contributed by atoms with Crippen LogP contribution in [-0.4, -0.2) is 15.0 Å². The van der Waals surface area contributed by atoms with Gasteiger partial charge >= 0.3 is 5.69 Å². The van der Waals surface area contributed by atoms with Crippen molar-refractivity contribution in [3.05, 3.63) is 61.4 Å². The van der Waals surface area contributed by atoms with Gasteiger partial charge in [-0.25, -0.2) is 9.36 Å². The molecule has 0 spiro atoms. The van der Waals surface area contributed by atoms with Gasteiger partial charge in [-0.1, -0.05) is 17.7 Å². The first-order valence-corrected chi connectivity index (χ1v) is 7.55. The molecule has 24 heavy (non-hydrogen) atoms. The van der Waals surface area contributed by atoms with Crippen LogP contribution in [0.1, 0.15) is 18.1 Å². The summed E-state index contributed by atoms with van der Waals surface area (Å²) in [4.78, 5) is 36.4. The summed E-state index contributed by atoms with van der Waals surface area (Å²) in [6.45, 7) is 3.32. The minimum Gasteiger partial charge on any atom is -0.324 e. The van der Waals surface area contributed by atoms with Gasteiger partial charge in [-0.3, -0.25) is 14.2 Å². The van der Waals surface area contributed by atoms with Gasteiger partial charge in [0.25, 0.3) is 5.56 Å². The Balaban J connectivity index is 2.32. The van der Waals surface area contributed by atoms with Crippen molar-refractivity contribution in [2.24, 2.45) is 0 Å². The molecule has 124 valence electrons. The Hall–Kier alpha value is -2.85. The second kappa shape index (κ2) is 7.15. The molecule has 0 unspecified atom stereocenters. The lowest BCUT2D eigenvalue weighted by Gasteiger charge is -2.10. The Morgan fingerprint density at radius 2 is 2.08 bits per heavy atom. The summed E-state index contributed by atoms with van der Waals surface area (Å²) in [5.41, 5.74) is -0.306. The van der Waals surface area contributed by atoms with Gasteiger partial charge in [0.1, 0.15) is 18.2 Å². The van der Waals surface area contributed by atoms with Gasteiger partial charge in [0, 0.05) is 23.5 Å². The van der Waals surface area contributed by atoms with E-state index >= 15 is 0 Å². The van der Waals surface area contributed by atoms with E-state index in [0.29, 0.717) is 10.7 Å². The average Bonchev–Trinajstić information content (AvgIpc) is 2.55. The van der Waals surface area contributed by atoms with Crippen molar-refractivity contribution < 1.29 is 4.79 Å². The van der Waals surface area contributed by atoms with Crippen LogP contribution >= 0.6 is 11.6 Å². The molecule has 0 atom stereocenters. The quantitative estimate of drug-likeness (QED) is 0.907. The predicted octanol–water partition coefficient (Wildman–Crippen LogP) is 1.50. The van der Waals surface area contributed by atoms with Crippen LogP contribution in [0.3, 0.4) is 0 Å². The number of carbonyl (C=O) groups is 1. The maximum Gasteiger partial charge on any atom is 0.331 e. The summed E-state index contributed by atoms with van der Waals surface area (Å²) in [6.07, 6.45) is 1.19. The molecule has 2 rings (SSSR count). The zero-order valence-corrected chi connectivity index (χ0v) is 13.9. The Morgan fingerprint density at radius 1 is 1.38 bits per heavy atom. The summed E-state index contributed by atoms with van der Waals surface area (Å²) in [5.74, 6) is -0.563. The molecule has 1 amide bonds. The largest absolute Gasteiger partial charge is 0.331 e. The number of amides is 1. The van der Waals surface area contributed by atoms with E-state index < -0.39 is 23.7 Å². The molecule has 1 heterocycles. The van der Waals surface area contributed by atoms with Crippen LogP contribution in [0.15, 0.2) is 34.0 Å². The van der Waals surface area contributed by atoms with E-state index in [1.54, 1.807) is 31.2 Å². The molecule has 8 heteroatoms. The van der Waals surface area contributed by atoms with Crippen molar-refractivity contribution in [1.29, 1.82) is 5.26 Å². The van der Waals surface area contributed by atoms with Crippen molar-refractivity contribution in [3.63, 3.8) is 0 Å². The molecule has 1 aromatic carbocycles. The fourth-order valence-corrected chi connectivity index (χ4v) is 2.29. The number of rotatable bonds is 4. The Bertz CT molecular complexity index is 953. The first-order chi connectivity index (χ1) is 11.4. The standard InChI is InChI=1S/C16H15ClN4O3/c1-3-20-8-11(7-18)15(23)21(16(20)24)9-14(22)19-12-5-4-10(2)13(17)6-12/h4-6,8H,3,9H2,1-2H3,(H,19,22). The van der Waals surface area contributed by atoms with Crippen LogP contribution in [0.25, 0.3) is 0 Å². The Labute approximate surface area is 142 Å². The number of halogens is 1. The second-order valence-electron chi connectivity index (χ2n) is 5.13. The van der Waals surface area contributed by atoms with E-state index in [0.717, 1.165) is 10.1 Å². The van der Waals surface area contributed by atoms with Gasteiger partial charge < -0.3 is 5.32 Å². The molecule has 0 saturated carbocycles. The maximum absolute atomic E-state index is 12.2. The van der Waals surface area contributed by atoms with Gasteiger partial charge in [0.05, 0.1) is 0 Å². The van der Waals surface area contributed by atoms with Gasteiger partial charge in [-0.05, 0) is 31.5 Å². The van der Waals surface area contributed by atoms with Crippen LogP contribution in [0.2, 0.25) is 5.02 Å². The highest BCUT2D eigenvalue weighted by molar-refractivity contribution is 6.31. The van der Waals surface area contributed by atoms with Crippen molar-refractivity contribution in [3.8, 4) is 6.07 Å². The van der Waals surface area contributed by atoms with Crippen LogP contribution in [0, 0.1) is 18.3 Å². The van der Waals surface area contributed by atoms with Crippen LogP contribution in [0.5, 0.6) is 0 Å². The van der Waals surface area contributed by atoms with Crippen LogP contribution < -0.4 is 16.6 Å². The smallest absolute Gasteiger partial charge is 0.324 e. The molecule has 0 fully saturated rings. The molecule has 0 bridgehead atoms. The van der Waals surface area contributed by atoms with E-state index in [1.807, 2.05) is 6.92 Å². The highest BCUT2D eigenvalue weighted by Gasteiger charge is 2.14. The maximum atomic E-state index is 12.2. The van der Waals surface area contributed by atoms with E-state index in [-0.39, 0.29) is 12.1 Å². The van der Waals surface area contributed by atoms with Crippen molar-refractivity contribution in [2.45, 2.75) is 26.9 Å². The number of nitrogens with zero attached hydrogens (tertiary/aromatic N) is 3. The highest BCUT2D eigenvalue weighted by atomic mass is 35.5. The molecular weight excluding hydrogens is 332 g/mol. The summed E-state index contributed by atoms with van der Waals surface area (Å²) in [7, 11) is 0. The van der Waals surface area contributed by atoms with Crippen LogP contribution in [-0.2, 0) is 17.9 Å². The number of nitriles is 1. The zero-order valence-electron chi connectivity index (χ0n) is 13.2. The van der Waals surface area contributed by atoms with E-state index in [9.17, 15) is 14.4 Å². The molecule has 2 aromatic rings. The van der Waals surface area contributed by atoms with Gasteiger partial charge in [-0.2, -0.15) is 5.26 Å². The molecule has 1 N–H and O–H groups in total. The Morgan fingerprint density at radius 3 is 2.67 bits per heavy atom. The zero-order chi connectivity index (χ0) is 17.9. The first kappa shape index (κ1) is 17.5. The normalized spacial score (nSPS) is 10.2. The van der Waals surface area contributed by atoms with Gasteiger partial charge in [-0.15, -0.1) is 0 Å². The highest BCUT2D eigenvalue weighted by Crippen LogP contribution is 2.19. The third-order valence-electron chi connectivity index (χ3n) is 3.46. The van der Waals surface area contributed by atoms with Gasteiger partial charge in [0.2, 0.25) is 5.91 Å². The monoisotopic (exact) mass is 346 g/mol. The molecule has 1 aromatic heterocycles. The minimum absolute atomic E-state index is 0.192. The number of hydrogen-bond donors (Lipinski definition) is 1. The van der Waals surface area contributed by atoms with Crippen molar-refractivity contribution in [2.75, 3.05) is 5.32 Å². The predicted molar refractivity (Wildman–Crippen MR) is 90.2 cm³/mol. The van der Waals surface area contributed by atoms with E-state index in [1.165, 1.54) is 10.8 Å². The summed E-state index contributed by atoms with van der Waals surface area (Å²) >= 11 is 5.99. The third kappa shape index (κ3) is 3.55. The fourth-order valence-electron chi connectivity index (χ4n) is 2.11. The minimum atomic E-state index is -0.788. The Kier molecular flexibility index (Phi) is 5.21. The topological polar surface area (TPSA) is 96.9 Å². The number of aromatic nitrogens is 2. The molecule has 0 aliphatic heterocycles. The number of hydrogen-bond acceptors (Lipinski definition) is 4. The number of aryl methyl sites for hydroxylation is 2. The summed E-state index contributed by atoms with van der Waals surface area (Å²) in [5, 5.41) is 12.0. The fraction of sp³-hybridized carbons (Fsp3) is 0.250. The second-order valence-corrected chi connectivity index (χ2v) is 5.53. The van der Waals surface area contributed by atoms with Crippen LogP contribution in [0.4, 0.5) is 5.69 Å². The molecular formula is C16H15ClN4O3. The lowest BCUT2D eigenvalue weighted by Crippen LogP contribution is -2.43.